The SMILES string of the molecule is C=C(F)C(=O)N1CC(C)N(c2nc(OC[C@@H]3CCCN3C)nc3c2CCN(c2cccc4cccc(Cl)c24)C3)C[C@@H]1CC#N. The maximum absolute atomic E-state index is 13.9. The van der Waals surface area contributed by atoms with E-state index >= 15 is 0 Å². The summed E-state index contributed by atoms with van der Waals surface area (Å²) in [5, 5.41) is 12.4. The van der Waals surface area contributed by atoms with Gasteiger partial charge in [-0.1, -0.05) is 42.4 Å². The molecule has 2 aromatic carbocycles. The molecule has 1 unspecified atom stereocenters. The molecule has 0 aliphatic carbocycles. The summed E-state index contributed by atoms with van der Waals surface area (Å²) < 4.78 is 20.2. The number of hydrogen-bond donors (Lipinski definition) is 0. The van der Waals surface area contributed by atoms with Crippen LogP contribution in [0.15, 0.2) is 48.8 Å². The Bertz CT molecular complexity index is 1620. The fraction of sp³-hybridized carbons (Fsp3) is 0.455. The maximum Gasteiger partial charge on any atom is 0.318 e. The summed E-state index contributed by atoms with van der Waals surface area (Å²) >= 11 is 6.70. The Labute approximate surface area is 262 Å². The third kappa shape index (κ3) is 5.78. The molecule has 6 rings (SSSR count). The summed E-state index contributed by atoms with van der Waals surface area (Å²) in [5.74, 6) is -1.04. The van der Waals surface area contributed by atoms with Crippen molar-refractivity contribution >= 4 is 39.8 Å². The van der Waals surface area contributed by atoms with Gasteiger partial charge in [-0.3, -0.25) is 4.79 Å². The molecule has 11 heteroatoms. The van der Waals surface area contributed by atoms with Crippen LogP contribution in [0.2, 0.25) is 5.02 Å². The van der Waals surface area contributed by atoms with Crippen molar-refractivity contribution in [2.75, 3.05) is 49.6 Å². The monoisotopic (exact) mass is 617 g/mol. The zero-order valence-corrected chi connectivity index (χ0v) is 25.9. The number of nitriles is 1. The van der Waals surface area contributed by atoms with Crippen LogP contribution in [0.5, 0.6) is 6.01 Å². The molecule has 3 atom stereocenters. The highest BCUT2D eigenvalue weighted by Crippen LogP contribution is 2.38. The number of fused-ring (bicyclic) bond motifs is 2. The first-order valence-corrected chi connectivity index (χ1v) is 15.6. The van der Waals surface area contributed by atoms with E-state index in [9.17, 15) is 14.4 Å². The number of halogens is 2. The minimum Gasteiger partial charge on any atom is -0.462 e. The van der Waals surface area contributed by atoms with Gasteiger partial charge in [-0.2, -0.15) is 15.2 Å². The van der Waals surface area contributed by atoms with Crippen LogP contribution in [0.25, 0.3) is 10.8 Å². The Morgan fingerprint density at radius 1 is 1.18 bits per heavy atom. The number of piperazine rings is 1. The number of likely N-dealkylation sites (tertiary alicyclic amines) is 1. The Balaban J connectivity index is 1.36. The highest BCUT2D eigenvalue weighted by atomic mass is 35.5. The van der Waals surface area contributed by atoms with Gasteiger partial charge in [0.1, 0.15) is 12.4 Å². The normalized spacial score (nSPS) is 22.2. The van der Waals surface area contributed by atoms with Crippen molar-refractivity contribution in [1.82, 2.24) is 19.8 Å². The number of amides is 1. The van der Waals surface area contributed by atoms with Crippen LogP contribution >= 0.6 is 11.6 Å². The number of aromatic nitrogens is 2. The number of likely N-dealkylation sites (N-methyl/N-ethyl adjacent to an activating group) is 1. The zero-order chi connectivity index (χ0) is 31.0. The van der Waals surface area contributed by atoms with Gasteiger partial charge in [0.2, 0.25) is 0 Å². The van der Waals surface area contributed by atoms with Gasteiger partial charge < -0.3 is 24.3 Å². The molecular formula is C33H37ClFN7O2. The summed E-state index contributed by atoms with van der Waals surface area (Å²) in [7, 11) is 2.11. The Hall–Kier alpha value is -3.94. The third-order valence-corrected chi connectivity index (χ3v) is 9.52. The molecule has 2 saturated heterocycles. The predicted molar refractivity (Wildman–Crippen MR) is 170 cm³/mol. The second-order valence-corrected chi connectivity index (χ2v) is 12.4. The number of benzene rings is 2. The van der Waals surface area contributed by atoms with Crippen molar-refractivity contribution in [3.05, 3.63) is 65.1 Å². The van der Waals surface area contributed by atoms with Crippen LogP contribution in [-0.2, 0) is 17.8 Å². The molecule has 230 valence electrons. The molecule has 0 spiro atoms. The van der Waals surface area contributed by atoms with Crippen LogP contribution in [0.4, 0.5) is 15.9 Å². The number of ether oxygens (including phenoxy) is 1. The molecule has 0 N–H and O–H groups in total. The molecule has 3 aromatic rings. The lowest BCUT2D eigenvalue weighted by molar-refractivity contribution is -0.131. The van der Waals surface area contributed by atoms with Crippen molar-refractivity contribution in [1.29, 1.82) is 5.26 Å². The molecule has 3 aliphatic heterocycles. The van der Waals surface area contributed by atoms with E-state index in [0.29, 0.717) is 43.2 Å². The van der Waals surface area contributed by atoms with Gasteiger partial charge >= 0.3 is 6.01 Å². The summed E-state index contributed by atoms with van der Waals surface area (Å²) in [5.41, 5.74) is 2.95. The van der Waals surface area contributed by atoms with Crippen LogP contribution in [0.1, 0.15) is 37.4 Å². The minimum absolute atomic E-state index is 0.0719. The van der Waals surface area contributed by atoms with Gasteiger partial charge in [0.25, 0.3) is 5.91 Å². The smallest absolute Gasteiger partial charge is 0.318 e. The summed E-state index contributed by atoms with van der Waals surface area (Å²) in [6.07, 6.45) is 2.96. The van der Waals surface area contributed by atoms with Gasteiger partial charge in [0.15, 0.2) is 5.83 Å². The molecule has 2 fully saturated rings. The zero-order valence-electron chi connectivity index (χ0n) is 25.2. The Morgan fingerprint density at radius 2 is 1.98 bits per heavy atom. The maximum atomic E-state index is 13.9. The van der Waals surface area contributed by atoms with E-state index in [0.717, 1.165) is 59.5 Å². The summed E-state index contributed by atoms with van der Waals surface area (Å²) in [6, 6.07) is 14.2. The number of carbonyl (C=O) groups is 1. The van der Waals surface area contributed by atoms with Gasteiger partial charge in [0, 0.05) is 48.4 Å². The van der Waals surface area contributed by atoms with Crippen LogP contribution in [0.3, 0.4) is 0 Å². The number of carbonyl (C=O) groups excluding carboxylic acids is 1. The number of hydrogen-bond acceptors (Lipinski definition) is 8. The van der Waals surface area contributed by atoms with Crippen molar-refractivity contribution in [2.24, 2.45) is 0 Å². The van der Waals surface area contributed by atoms with Gasteiger partial charge in [-0.25, -0.2) is 4.39 Å². The average molecular weight is 618 g/mol. The molecule has 0 bridgehead atoms. The molecule has 0 saturated carbocycles. The fourth-order valence-electron chi connectivity index (χ4n) is 6.81. The first kappa shape index (κ1) is 30.1. The lowest BCUT2D eigenvalue weighted by Crippen LogP contribution is -2.59. The first-order valence-electron chi connectivity index (χ1n) is 15.2. The van der Waals surface area contributed by atoms with Crippen molar-refractivity contribution in [3.63, 3.8) is 0 Å². The summed E-state index contributed by atoms with van der Waals surface area (Å²) in [6.45, 7) is 8.58. The molecule has 9 nitrogen and oxygen atoms in total. The van der Waals surface area contributed by atoms with Crippen molar-refractivity contribution in [2.45, 2.75) is 57.3 Å². The van der Waals surface area contributed by atoms with Crippen LogP contribution in [-0.4, -0.2) is 83.6 Å². The Morgan fingerprint density at radius 3 is 2.70 bits per heavy atom. The highest BCUT2D eigenvalue weighted by molar-refractivity contribution is 6.36. The Kier molecular flexibility index (Phi) is 8.61. The lowest BCUT2D eigenvalue weighted by Gasteiger charge is -2.46. The van der Waals surface area contributed by atoms with Gasteiger partial charge in [-0.05, 0) is 57.3 Å². The number of nitrogens with zero attached hydrogens (tertiary/aromatic N) is 7. The second-order valence-electron chi connectivity index (χ2n) is 12.0. The van der Waals surface area contributed by atoms with Crippen LogP contribution < -0.4 is 14.5 Å². The van der Waals surface area contributed by atoms with E-state index in [1.165, 1.54) is 4.90 Å². The molecular weight excluding hydrogens is 581 g/mol. The molecule has 1 aromatic heterocycles. The highest BCUT2D eigenvalue weighted by Gasteiger charge is 2.38. The predicted octanol–water partition coefficient (Wildman–Crippen LogP) is 5.12. The second kappa shape index (κ2) is 12.6. The van der Waals surface area contributed by atoms with Crippen LogP contribution in [0, 0.1) is 11.3 Å². The van der Waals surface area contributed by atoms with E-state index in [1.807, 2.05) is 25.1 Å². The number of anilines is 2. The van der Waals surface area contributed by atoms with Gasteiger partial charge in [-0.15, -0.1) is 0 Å². The van der Waals surface area contributed by atoms with E-state index in [4.69, 9.17) is 26.3 Å². The fourth-order valence-corrected chi connectivity index (χ4v) is 7.09. The standard InChI is InChI=1S/C33H37ClFN7O2/c1-21-17-42(32(43)22(2)35)24(12-14-36)18-41(21)31-26-13-16-40(29-11-5-8-23-7-4-10-27(34)30(23)29)19-28(26)37-33(38-31)44-20-25-9-6-15-39(25)3/h4-5,7-8,10-11,21,24-25H,2,6,9,12-13,15-20H2,1,3H3/t21?,24-,25-/m0/s1. The quantitative estimate of drug-likeness (QED) is 0.338. The minimum atomic E-state index is -1.02. The van der Waals surface area contributed by atoms with Crippen molar-refractivity contribution in [3.8, 4) is 12.1 Å². The van der Waals surface area contributed by atoms with Gasteiger partial charge in [0.05, 0.1) is 35.8 Å². The van der Waals surface area contributed by atoms with E-state index < -0.39 is 17.8 Å². The van der Waals surface area contributed by atoms with E-state index in [1.54, 1.807) is 0 Å². The molecule has 4 heterocycles. The largest absolute Gasteiger partial charge is 0.462 e. The third-order valence-electron chi connectivity index (χ3n) is 9.20. The van der Waals surface area contributed by atoms with Crippen molar-refractivity contribution < 1.29 is 13.9 Å². The first-order chi connectivity index (χ1) is 21.2. The average Bonchev–Trinajstić information content (AvgIpc) is 3.43. The topological polar surface area (TPSA) is 88.8 Å². The molecule has 0 radical (unpaired) electrons. The molecule has 44 heavy (non-hydrogen) atoms. The van der Waals surface area contributed by atoms with E-state index in [2.05, 4.69) is 52.6 Å². The molecule has 1 amide bonds. The van der Waals surface area contributed by atoms with E-state index in [-0.39, 0.29) is 19.0 Å². The molecule has 3 aliphatic rings. The number of rotatable bonds is 7. The summed E-state index contributed by atoms with van der Waals surface area (Å²) in [4.78, 5) is 30.7. The lowest BCUT2D eigenvalue weighted by atomic mass is 9.99.